The number of hydrogen-bond acceptors (Lipinski definition) is 2. The van der Waals surface area contributed by atoms with E-state index in [0.717, 1.165) is 22.0 Å². The van der Waals surface area contributed by atoms with Gasteiger partial charge in [-0.25, -0.2) is 4.79 Å². The average Bonchev–Trinajstić information content (AvgIpc) is 2.92. The standard InChI is InChI=1S/C19H14BrNO2/c20-15-7-8-21-19(11-15,18(22)23)14-6-5-13-9-12-3-1-2-4-16(12)17(13)10-14/h1-8,10-11,21H,9H2,(H,22,23). The molecular weight excluding hydrogens is 354 g/mol. The Hall–Kier alpha value is -2.33. The topological polar surface area (TPSA) is 49.3 Å². The first-order valence-electron chi connectivity index (χ1n) is 7.38. The molecule has 1 aliphatic carbocycles. The molecule has 2 N–H and O–H groups in total. The molecular formula is C19H14BrNO2. The Morgan fingerprint density at radius 3 is 2.70 bits per heavy atom. The zero-order valence-corrected chi connectivity index (χ0v) is 13.8. The van der Waals surface area contributed by atoms with Gasteiger partial charge in [0, 0.05) is 4.48 Å². The second kappa shape index (κ2) is 5.10. The van der Waals surface area contributed by atoms with Crippen LogP contribution >= 0.6 is 15.9 Å². The van der Waals surface area contributed by atoms with Crippen LogP contribution in [0.5, 0.6) is 0 Å². The van der Waals surface area contributed by atoms with E-state index >= 15 is 0 Å². The van der Waals surface area contributed by atoms with Crippen LogP contribution < -0.4 is 5.32 Å². The molecule has 2 aromatic rings. The first-order chi connectivity index (χ1) is 11.1. The Bertz CT molecular complexity index is 885. The first-order valence-corrected chi connectivity index (χ1v) is 8.17. The van der Waals surface area contributed by atoms with Gasteiger partial charge >= 0.3 is 5.97 Å². The molecule has 0 bridgehead atoms. The van der Waals surface area contributed by atoms with Gasteiger partial charge in [-0.15, -0.1) is 0 Å². The summed E-state index contributed by atoms with van der Waals surface area (Å²) in [6, 6.07) is 14.2. The van der Waals surface area contributed by atoms with Crippen LogP contribution in [-0.2, 0) is 16.8 Å². The van der Waals surface area contributed by atoms with Gasteiger partial charge in [-0.3, -0.25) is 0 Å². The summed E-state index contributed by atoms with van der Waals surface area (Å²) < 4.78 is 0.750. The summed E-state index contributed by atoms with van der Waals surface area (Å²) in [6.45, 7) is 0. The third kappa shape index (κ3) is 2.13. The largest absolute Gasteiger partial charge is 0.479 e. The van der Waals surface area contributed by atoms with Crippen LogP contribution in [0.15, 0.2) is 65.3 Å². The minimum Gasteiger partial charge on any atom is -0.479 e. The highest BCUT2D eigenvalue weighted by atomic mass is 79.9. The minimum absolute atomic E-state index is 0.724. The van der Waals surface area contributed by atoms with Crippen molar-refractivity contribution in [1.29, 1.82) is 0 Å². The highest BCUT2D eigenvalue weighted by Crippen LogP contribution is 2.39. The Morgan fingerprint density at radius 1 is 1.13 bits per heavy atom. The van der Waals surface area contributed by atoms with Crippen molar-refractivity contribution in [2.75, 3.05) is 0 Å². The number of benzene rings is 2. The lowest BCUT2D eigenvalue weighted by atomic mass is 9.86. The van der Waals surface area contributed by atoms with E-state index < -0.39 is 11.5 Å². The quantitative estimate of drug-likeness (QED) is 0.721. The summed E-state index contributed by atoms with van der Waals surface area (Å²) in [5.74, 6) is -0.926. The highest BCUT2D eigenvalue weighted by molar-refractivity contribution is 9.11. The van der Waals surface area contributed by atoms with Crippen molar-refractivity contribution in [1.82, 2.24) is 5.32 Å². The molecule has 0 aromatic heterocycles. The lowest BCUT2D eigenvalue weighted by Crippen LogP contribution is -2.46. The molecule has 1 aliphatic heterocycles. The number of nitrogens with one attached hydrogen (secondary N) is 1. The lowest BCUT2D eigenvalue weighted by Gasteiger charge is -2.30. The number of halogens is 1. The summed E-state index contributed by atoms with van der Waals surface area (Å²) in [4.78, 5) is 12.0. The normalized spacial score (nSPS) is 21.2. The molecule has 2 aromatic carbocycles. The van der Waals surface area contributed by atoms with Crippen molar-refractivity contribution < 1.29 is 9.90 Å². The Labute approximate surface area is 142 Å². The van der Waals surface area contributed by atoms with Gasteiger partial charge in [0.05, 0.1) is 0 Å². The third-order valence-corrected chi connectivity index (χ3v) is 4.99. The maximum atomic E-state index is 12.0. The molecule has 0 radical (unpaired) electrons. The van der Waals surface area contributed by atoms with Crippen LogP contribution in [0.3, 0.4) is 0 Å². The lowest BCUT2D eigenvalue weighted by molar-refractivity contribution is -0.142. The zero-order chi connectivity index (χ0) is 16.0. The van der Waals surface area contributed by atoms with E-state index in [1.54, 1.807) is 18.4 Å². The van der Waals surface area contributed by atoms with Gasteiger partial charge in [0.2, 0.25) is 0 Å². The van der Waals surface area contributed by atoms with E-state index in [1.165, 1.54) is 16.7 Å². The number of rotatable bonds is 2. The van der Waals surface area contributed by atoms with Crippen molar-refractivity contribution in [3.63, 3.8) is 0 Å². The number of carboxylic acid groups (broad SMARTS) is 1. The van der Waals surface area contributed by atoms with E-state index in [1.807, 2.05) is 30.3 Å². The Kier molecular flexibility index (Phi) is 3.16. The van der Waals surface area contributed by atoms with Gasteiger partial charge in [-0.2, -0.15) is 0 Å². The molecule has 0 amide bonds. The maximum absolute atomic E-state index is 12.0. The smallest absolute Gasteiger partial charge is 0.338 e. The molecule has 23 heavy (non-hydrogen) atoms. The summed E-state index contributed by atoms with van der Waals surface area (Å²) >= 11 is 3.39. The van der Waals surface area contributed by atoms with Gasteiger partial charge in [0.1, 0.15) is 0 Å². The number of hydrogen-bond donors (Lipinski definition) is 2. The van der Waals surface area contributed by atoms with Gasteiger partial charge in [-0.1, -0.05) is 52.3 Å². The van der Waals surface area contributed by atoms with Gasteiger partial charge < -0.3 is 10.4 Å². The molecule has 0 spiro atoms. The second-order valence-corrected chi connectivity index (χ2v) is 6.74. The van der Waals surface area contributed by atoms with E-state index in [0.29, 0.717) is 0 Å². The number of carboxylic acids is 1. The van der Waals surface area contributed by atoms with E-state index in [9.17, 15) is 9.90 Å². The summed E-state index contributed by atoms with van der Waals surface area (Å²) in [5.41, 5.74) is 4.32. The second-order valence-electron chi connectivity index (χ2n) is 5.83. The van der Waals surface area contributed by atoms with Gasteiger partial charge in [0.25, 0.3) is 0 Å². The fourth-order valence-electron chi connectivity index (χ4n) is 3.33. The van der Waals surface area contributed by atoms with Crippen molar-refractivity contribution in [2.45, 2.75) is 12.0 Å². The van der Waals surface area contributed by atoms with Crippen LogP contribution in [0.2, 0.25) is 0 Å². The van der Waals surface area contributed by atoms with E-state index in [2.05, 4.69) is 33.4 Å². The summed E-state index contributed by atoms with van der Waals surface area (Å²) in [7, 11) is 0. The summed E-state index contributed by atoms with van der Waals surface area (Å²) in [6.07, 6.45) is 6.06. The van der Waals surface area contributed by atoms with Gasteiger partial charge in [0.15, 0.2) is 5.54 Å². The molecule has 4 heteroatoms. The van der Waals surface area contributed by atoms with Crippen LogP contribution in [0.1, 0.15) is 16.7 Å². The Balaban J connectivity index is 1.89. The zero-order valence-electron chi connectivity index (χ0n) is 12.2. The monoisotopic (exact) mass is 367 g/mol. The van der Waals surface area contributed by atoms with Crippen LogP contribution in [0, 0.1) is 0 Å². The predicted molar refractivity (Wildman–Crippen MR) is 93.3 cm³/mol. The molecule has 3 nitrogen and oxygen atoms in total. The third-order valence-electron chi connectivity index (χ3n) is 4.50. The number of allylic oxidation sites excluding steroid dienone is 2. The molecule has 1 heterocycles. The van der Waals surface area contributed by atoms with Crippen molar-refractivity contribution in [3.05, 3.63) is 82.0 Å². The average molecular weight is 368 g/mol. The predicted octanol–water partition coefficient (Wildman–Crippen LogP) is 3.93. The molecule has 0 fully saturated rings. The summed E-state index contributed by atoms with van der Waals surface area (Å²) in [5, 5.41) is 12.8. The number of carbonyl (C=O) groups is 1. The molecule has 0 saturated carbocycles. The van der Waals surface area contributed by atoms with Crippen LogP contribution in [0.4, 0.5) is 0 Å². The highest BCUT2D eigenvalue weighted by Gasteiger charge is 2.39. The van der Waals surface area contributed by atoms with E-state index in [4.69, 9.17) is 0 Å². The maximum Gasteiger partial charge on any atom is 0.338 e. The van der Waals surface area contributed by atoms with E-state index in [-0.39, 0.29) is 0 Å². The molecule has 1 unspecified atom stereocenters. The molecule has 2 aliphatic rings. The van der Waals surface area contributed by atoms with Crippen LogP contribution in [-0.4, -0.2) is 11.1 Å². The molecule has 114 valence electrons. The fraction of sp³-hybridized carbons (Fsp3) is 0.105. The Morgan fingerprint density at radius 2 is 1.91 bits per heavy atom. The minimum atomic E-state index is -1.25. The van der Waals surface area contributed by atoms with Crippen molar-refractivity contribution in [2.24, 2.45) is 0 Å². The first kappa shape index (κ1) is 14.3. The molecule has 4 rings (SSSR count). The van der Waals surface area contributed by atoms with Crippen LogP contribution in [0.25, 0.3) is 11.1 Å². The number of dihydropyridines is 1. The molecule has 0 saturated heterocycles. The number of fused-ring (bicyclic) bond motifs is 3. The number of aliphatic carboxylic acids is 1. The van der Waals surface area contributed by atoms with Crippen molar-refractivity contribution >= 4 is 21.9 Å². The fourth-order valence-corrected chi connectivity index (χ4v) is 3.81. The SMILES string of the molecule is O=C(O)C1(c2ccc3c(c2)-c2ccccc2C3)C=C(Br)C=CN1. The van der Waals surface area contributed by atoms with Gasteiger partial charge in [-0.05, 0) is 58.7 Å². The molecule has 1 atom stereocenters. The van der Waals surface area contributed by atoms with Crippen molar-refractivity contribution in [3.8, 4) is 11.1 Å².